The van der Waals surface area contributed by atoms with Gasteiger partial charge in [0.2, 0.25) is 0 Å². The molecular weight excluding hydrogens is 346 g/mol. The van der Waals surface area contributed by atoms with Crippen molar-refractivity contribution in [2.24, 2.45) is 0 Å². The van der Waals surface area contributed by atoms with E-state index in [1.54, 1.807) is 13.2 Å². The first-order valence-corrected chi connectivity index (χ1v) is 9.09. The zero-order valence-electron chi connectivity index (χ0n) is 14.7. The number of fused-ring (bicyclic) bond motifs is 1. The fourth-order valence-electron chi connectivity index (χ4n) is 3.05. The van der Waals surface area contributed by atoms with E-state index >= 15 is 0 Å². The van der Waals surface area contributed by atoms with Gasteiger partial charge in [-0.2, -0.15) is 0 Å². The molecule has 5 heteroatoms. The van der Waals surface area contributed by atoms with E-state index in [4.69, 9.17) is 9.15 Å². The average Bonchev–Trinajstić information content (AvgIpc) is 3.10. The Kier molecular flexibility index (Phi) is 4.09. The maximum atomic E-state index is 12.5. The van der Waals surface area contributed by atoms with Crippen molar-refractivity contribution in [2.45, 2.75) is 13.8 Å². The van der Waals surface area contributed by atoms with E-state index in [0.29, 0.717) is 21.9 Å². The highest BCUT2D eigenvalue weighted by atomic mass is 32.1. The van der Waals surface area contributed by atoms with Crippen molar-refractivity contribution >= 4 is 22.3 Å². The molecule has 2 heterocycles. The molecule has 0 saturated carbocycles. The molecule has 26 heavy (non-hydrogen) atoms. The van der Waals surface area contributed by atoms with Gasteiger partial charge in [0.15, 0.2) is 11.3 Å². The van der Waals surface area contributed by atoms with E-state index in [-0.39, 0.29) is 0 Å². The van der Waals surface area contributed by atoms with Crippen LogP contribution in [0.1, 0.15) is 11.1 Å². The second-order valence-corrected chi connectivity index (χ2v) is 7.04. The van der Waals surface area contributed by atoms with Gasteiger partial charge in [0.1, 0.15) is 5.01 Å². The Morgan fingerprint density at radius 3 is 2.69 bits per heavy atom. The number of rotatable bonds is 3. The molecule has 2 aromatic heterocycles. The van der Waals surface area contributed by atoms with Gasteiger partial charge < -0.3 is 9.15 Å². The summed E-state index contributed by atoms with van der Waals surface area (Å²) < 4.78 is 10.8. The first-order chi connectivity index (χ1) is 12.6. The monoisotopic (exact) mass is 363 g/mol. The molecule has 0 radical (unpaired) electrons. The van der Waals surface area contributed by atoms with Crippen LogP contribution in [-0.2, 0) is 0 Å². The summed E-state index contributed by atoms with van der Waals surface area (Å²) in [4.78, 5) is 17.2. The minimum absolute atomic E-state index is 0.413. The molecule has 0 aliphatic carbocycles. The molecule has 4 aromatic rings. The van der Waals surface area contributed by atoms with E-state index in [1.807, 2.05) is 23.6 Å². The molecule has 0 bridgehead atoms. The van der Waals surface area contributed by atoms with Crippen molar-refractivity contribution < 1.29 is 9.15 Å². The van der Waals surface area contributed by atoms with E-state index in [0.717, 1.165) is 22.2 Å². The van der Waals surface area contributed by atoms with Crippen molar-refractivity contribution in [3.8, 4) is 27.6 Å². The van der Waals surface area contributed by atoms with E-state index in [1.165, 1.54) is 16.9 Å². The number of benzene rings is 2. The Morgan fingerprint density at radius 1 is 1.08 bits per heavy atom. The minimum atomic E-state index is -0.413. The summed E-state index contributed by atoms with van der Waals surface area (Å²) in [5.74, 6) is 0.543. The highest BCUT2D eigenvalue weighted by Crippen LogP contribution is 2.32. The van der Waals surface area contributed by atoms with Crippen LogP contribution in [0.2, 0.25) is 0 Å². The molecule has 4 nitrogen and oxygen atoms in total. The maximum absolute atomic E-state index is 12.5. The fraction of sp³-hybridized carbons (Fsp3) is 0.143. The largest absolute Gasteiger partial charge is 0.493 e. The predicted molar refractivity (Wildman–Crippen MR) is 105 cm³/mol. The summed E-state index contributed by atoms with van der Waals surface area (Å²) in [6, 6.07) is 13.6. The average molecular weight is 363 g/mol. The Balaban J connectivity index is 1.83. The third kappa shape index (κ3) is 2.80. The third-order valence-corrected chi connectivity index (χ3v) is 5.21. The van der Waals surface area contributed by atoms with Gasteiger partial charge in [0, 0.05) is 16.3 Å². The lowest BCUT2D eigenvalue weighted by molar-refractivity contribution is 0.407. The van der Waals surface area contributed by atoms with Gasteiger partial charge in [-0.3, -0.25) is 0 Å². The Hall–Kier alpha value is -2.92. The summed E-state index contributed by atoms with van der Waals surface area (Å²) in [7, 11) is 1.56. The van der Waals surface area contributed by atoms with Gasteiger partial charge in [-0.05, 0) is 31.5 Å². The molecule has 130 valence electrons. The summed E-state index contributed by atoms with van der Waals surface area (Å²) in [6.07, 6.45) is 0. The van der Waals surface area contributed by atoms with Crippen LogP contribution in [0.25, 0.3) is 32.8 Å². The van der Waals surface area contributed by atoms with Crippen LogP contribution in [-0.4, -0.2) is 12.1 Å². The number of aryl methyl sites for hydroxylation is 2. The molecular formula is C21H17NO3S. The molecule has 2 aromatic carbocycles. The van der Waals surface area contributed by atoms with Crippen LogP contribution in [0.3, 0.4) is 0 Å². The number of methoxy groups -OCH3 is 1. The van der Waals surface area contributed by atoms with Gasteiger partial charge in [-0.15, -0.1) is 11.3 Å². The number of para-hydroxylation sites is 1. The van der Waals surface area contributed by atoms with E-state index in [9.17, 15) is 4.79 Å². The standard InChI is InChI=1S/C21H17NO3S/c1-12-7-8-15(13(2)9-12)17-11-26-20(22-17)16-10-14-5-4-6-18(24-3)19(14)25-21(16)23/h4-11H,1-3H3. The zero-order valence-corrected chi connectivity index (χ0v) is 15.5. The third-order valence-electron chi connectivity index (χ3n) is 4.34. The predicted octanol–water partition coefficient (Wildman–Crippen LogP) is 5.21. The number of nitrogens with zero attached hydrogens (tertiary/aromatic N) is 1. The molecule has 4 rings (SSSR count). The summed E-state index contributed by atoms with van der Waals surface area (Å²) in [5, 5.41) is 3.43. The van der Waals surface area contributed by atoms with Crippen molar-refractivity contribution in [1.82, 2.24) is 4.98 Å². The SMILES string of the molecule is COc1cccc2cc(-c3nc(-c4ccc(C)cc4C)cs3)c(=O)oc12. The number of aromatic nitrogens is 1. The molecule has 0 fully saturated rings. The molecule has 0 aliphatic heterocycles. The van der Waals surface area contributed by atoms with Gasteiger partial charge in [-0.25, -0.2) is 9.78 Å². The topological polar surface area (TPSA) is 52.3 Å². The summed E-state index contributed by atoms with van der Waals surface area (Å²) >= 11 is 1.44. The number of hydrogen-bond donors (Lipinski definition) is 0. The van der Waals surface area contributed by atoms with Crippen molar-refractivity contribution in [3.63, 3.8) is 0 Å². The lowest BCUT2D eigenvalue weighted by Crippen LogP contribution is -2.03. The maximum Gasteiger partial charge on any atom is 0.346 e. The van der Waals surface area contributed by atoms with Gasteiger partial charge in [0.25, 0.3) is 0 Å². The zero-order chi connectivity index (χ0) is 18.3. The second kappa shape index (κ2) is 6.42. The highest BCUT2D eigenvalue weighted by Gasteiger charge is 2.15. The van der Waals surface area contributed by atoms with Crippen LogP contribution in [0, 0.1) is 13.8 Å². The second-order valence-electron chi connectivity index (χ2n) is 6.18. The highest BCUT2D eigenvalue weighted by molar-refractivity contribution is 7.13. The number of thiazole rings is 1. The van der Waals surface area contributed by atoms with Crippen molar-refractivity contribution in [1.29, 1.82) is 0 Å². The van der Waals surface area contributed by atoms with Gasteiger partial charge in [0.05, 0.1) is 18.4 Å². The molecule has 0 N–H and O–H groups in total. The molecule has 0 spiro atoms. The first kappa shape index (κ1) is 16.5. The van der Waals surface area contributed by atoms with Crippen LogP contribution in [0.4, 0.5) is 0 Å². The Labute approximate surface area is 154 Å². The van der Waals surface area contributed by atoms with E-state index in [2.05, 4.69) is 37.0 Å². The van der Waals surface area contributed by atoms with Crippen LogP contribution >= 0.6 is 11.3 Å². The molecule has 0 atom stereocenters. The first-order valence-electron chi connectivity index (χ1n) is 8.21. The van der Waals surface area contributed by atoms with Crippen molar-refractivity contribution in [2.75, 3.05) is 7.11 Å². The molecule has 0 saturated heterocycles. The lowest BCUT2D eigenvalue weighted by Gasteiger charge is -2.05. The van der Waals surface area contributed by atoms with Gasteiger partial charge >= 0.3 is 5.63 Å². The van der Waals surface area contributed by atoms with E-state index < -0.39 is 5.63 Å². The fourth-order valence-corrected chi connectivity index (χ4v) is 3.87. The Bertz CT molecular complexity index is 1170. The summed E-state index contributed by atoms with van der Waals surface area (Å²) in [6.45, 7) is 4.13. The normalized spacial score (nSPS) is 11.0. The molecule has 0 aliphatic rings. The quantitative estimate of drug-likeness (QED) is 0.469. The summed E-state index contributed by atoms with van der Waals surface area (Å²) in [5.41, 5.74) is 4.82. The molecule has 0 amide bonds. The van der Waals surface area contributed by atoms with Gasteiger partial charge in [-0.1, -0.05) is 35.9 Å². The number of ether oxygens (including phenoxy) is 1. The molecule has 0 unspecified atom stereocenters. The van der Waals surface area contributed by atoms with Crippen LogP contribution in [0.5, 0.6) is 5.75 Å². The Morgan fingerprint density at radius 2 is 1.92 bits per heavy atom. The minimum Gasteiger partial charge on any atom is -0.493 e. The van der Waals surface area contributed by atoms with Crippen LogP contribution < -0.4 is 10.4 Å². The number of hydrogen-bond acceptors (Lipinski definition) is 5. The smallest absolute Gasteiger partial charge is 0.346 e. The van der Waals surface area contributed by atoms with Crippen molar-refractivity contribution in [3.05, 3.63) is 69.4 Å². The van der Waals surface area contributed by atoms with Crippen LogP contribution in [0.15, 0.2) is 57.1 Å². The lowest BCUT2D eigenvalue weighted by atomic mass is 10.0.